The molecule has 0 heterocycles. The van der Waals surface area contributed by atoms with Gasteiger partial charge in [0.05, 0.1) is 18.9 Å². The molecule has 2 aromatic carbocycles. The Labute approximate surface area is 189 Å². The maximum Gasteiger partial charge on any atom is 0.134 e. The summed E-state index contributed by atoms with van der Waals surface area (Å²) >= 11 is 0. The van der Waals surface area contributed by atoms with Crippen molar-refractivity contribution < 1.29 is 9.05 Å². The van der Waals surface area contributed by atoms with Crippen LogP contribution < -0.4 is 9.05 Å². The summed E-state index contributed by atoms with van der Waals surface area (Å²) in [6.45, 7) is 22.4. The molecule has 0 saturated heterocycles. The van der Waals surface area contributed by atoms with Gasteiger partial charge < -0.3 is 9.05 Å². The van der Waals surface area contributed by atoms with Crippen molar-refractivity contribution in [2.45, 2.75) is 92.9 Å². The normalized spacial score (nSPS) is 11.9. The molecule has 2 aromatic rings. The molecule has 0 aliphatic rings. The fourth-order valence-corrected chi connectivity index (χ4v) is 5.02. The van der Waals surface area contributed by atoms with Gasteiger partial charge in [0.15, 0.2) is 0 Å². The Kier molecular flexibility index (Phi) is 8.40. The minimum absolute atomic E-state index is 0.357. The lowest BCUT2D eigenvalue weighted by Gasteiger charge is -2.28. The number of benzene rings is 2. The van der Waals surface area contributed by atoms with E-state index in [0.29, 0.717) is 23.7 Å². The van der Waals surface area contributed by atoms with Crippen LogP contribution in [-0.2, 0) is 0 Å². The van der Waals surface area contributed by atoms with Crippen LogP contribution in [-0.4, -0.2) is 0 Å². The maximum atomic E-state index is 6.02. The third-order valence-corrected chi connectivity index (χ3v) is 6.66. The van der Waals surface area contributed by atoms with E-state index in [0.717, 1.165) is 11.5 Å². The monoisotopic (exact) mass is 446 g/mol. The number of hydrogen-bond donors (Lipinski definition) is 0. The zero-order valence-electron chi connectivity index (χ0n) is 20.4. The quantitative estimate of drug-likeness (QED) is 0.396. The maximum absolute atomic E-state index is 6.02. The first-order valence-corrected chi connectivity index (χ1v) is 12.0. The lowest BCUT2D eigenvalue weighted by atomic mass is 9.80. The van der Waals surface area contributed by atoms with Gasteiger partial charge in [0.25, 0.3) is 0 Å². The van der Waals surface area contributed by atoms with Crippen molar-refractivity contribution in [3.63, 3.8) is 0 Å². The molecule has 2 nitrogen and oxygen atoms in total. The molecule has 0 fully saturated rings. The average Bonchev–Trinajstić information content (AvgIpc) is 2.66. The predicted molar refractivity (Wildman–Crippen MR) is 138 cm³/mol. The Morgan fingerprint density at radius 1 is 0.533 bits per heavy atom. The molecule has 166 valence electrons. The van der Waals surface area contributed by atoms with Crippen molar-refractivity contribution >= 4 is 18.9 Å². The number of hydrogen-bond acceptors (Lipinski definition) is 2. The molecule has 0 aliphatic heterocycles. The Hall–Kier alpha value is -1.10. The predicted octanol–water partition coefficient (Wildman–Crippen LogP) is 8.80. The van der Waals surface area contributed by atoms with E-state index in [2.05, 4.69) is 100 Å². The summed E-state index contributed by atoms with van der Waals surface area (Å²) in [5.41, 5.74) is 10.1. The van der Waals surface area contributed by atoms with E-state index in [1.54, 1.807) is 0 Å². The first-order valence-electron chi connectivity index (χ1n) is 11.1. The fraction of sp³-hybridized carbons (Fsp3) is 0.538. The van der Waals surface area contributed by atoms with Gasteiger partial charge in [-0.3, -0.25) is 0 Å². The first-order chi connectivity index (χ1) is 14.0. The fourth-order valence-electron chi connectivity index (χ4n) is 4.51. The Balaban J connectivity index is 3.16. The van der Waals surface area contributed by atoms with Crippen LogP contribution in [0.5, 0.6) is 11.5 Å². The van der Waals surface area contributed by atoms with Crippen LogP contribution in [0.2, 0.25) is 0 Å². The highest BCUT2D eigenvalue weighted by Crippen LogP contribution is 2.51. The summed E-state index contributed by atoms with van der Waals surface area (Å²) in [5, 5.41) is 0. The summed E-state index contributed by atoms with van der Waals surface area (Å²) < 4.78 is 12.0. The van der Waals surface area contributed by atoms with E-state index in [4.69, 9.17) is 9.05 Å². The van der Waals surface area contributed by atoms with Gasteiger partial charge in [-0.05, 0) is 70.9 Å². The van der Waals surface area contributed by atoms with Gasteiger partial charge in [-0.15, -0.1) is 0 Å². The molecular weight excluding hydrogens is 406 g/mol. The summed E-state index contributed by atoms with van der Waals surface area (Å²) in [7, 11) is 4.97. The molecule has 2 rings (SSSR count). The molecule has 4 heteroatoms. The molecular formula is C26H40O2P2. The minimum Gasteiger partial charge on any atom is -0.479 e. The molecule has 0 aromatic heterocycles. The van der Waals surface area contributed by atoms with Crippen LogP contribution in [0.3, 0.4) is 0 Å². The number of rotatable bonds is 7. The zero-order chi connectivity index (χ0) is 22.9. The van der Waals surface area contributed by atoms with E-state index < -0.39 is 0 Å². The molecule has 0 bridgehead atoms. The average molecular weight is 447 g/mol. The Bertz CT molecular complexity index is 837. The summed E-state index contributed by atoms with van der Waals surface area (Å²) in [6, 6.07) is 4.67. The minimum atomic E-state index is 0.357. The highest BCUT2D eigenvalue weighted by molar-refractivity contribution is 7.10. The van der Waals surface area contributed by atoms with Gasteiger partial charge in [0.2, 0.25) is 0 Å². The highest BCUT2D eigenvalue weighted by Gasteiger charge is 2.27. The van der Waals surface area contributed by atoms with E-state index in [1.165, 1.54) is 44.5 Å². The molecule has 2 unspecified atom stereocenters. The Morgan fingerprint density at radius 3 is 1.00 bits per heavy atom. The van der Waals surface area contributed by atoms with E-state index >= 15 is 0 Å². The van der Waals surface area contributed by atoms with Crippen LogP contribution >= 0.6 is 18.9 Å². The first kappa shape index (κ1) is 25.2. The van der Waals surface area contributed by atoms with Crippen molar-refractivity contribution in [2.24, 2.45) is 0 Å². The van der Waals surface area contributed by atoms with Crippen molar-refractivity contribution in [3.8, 4) is 22.6 Å². The third kappa shape index (κ3) is 4.56. The molecule has 0 radical (unpaired) electrons. The van der Waals surface area contributed by atoms with Gasteiger partial charge in [-0.2, -0.15) is 0 Å². The van der Waals surface area contributed by atoms with Gasteiger partial charge in [-0.25, -0.2) is 0 Å². The second-order valence-electron chi connectivity index (χ2n) is 9.62. The van der Waals surface area contributed by atoms with Crippen molar-refractivity contribution in [3.05, 3.63) is 45.5 Å². The van der Waals surface area contributed by atoms with Crippen molar-refractivity contribution in [1.29, 1.82) is 0 Å². The molecule has 0 saturated carbocycles. The van der Waals surface area contributed by atoms with Crippen molar-refractivity contribution in [1.82, 2.24) is 0 Å². The standard InChI is InChI=1S/C26H40O2P2/c1-13(2)19-11-21(15(5)6)25(27-29)23(17(19)9)24-18(10)20(14(3)4)12-22(16(7)8)26(24)28-30/h11-16H,29-30H2,1-10H3. The van der Waals surface area contributed by atoms with Crippen LogP contribution in [0.25, 0.3) is 11.1 Å². The van der Waals surface area contributed by atoms with Gasteiger partial charge >= 0.3 is 0 Å². The summed E-state index contributed by atoms with van der Waals surface area (Å²) in [5.74, 6) is 3.46. The third-order valence-electron chi connectivity index (χ3n) is 6.19. The molecule has 30 heavy (non-hydrogen) atoms. The SMILES string of the molecule is Cc1c(C(C)C)cc(C(C)C)c(OP)c1-c1c(C)c(C(C)C)cc(C(C)C)c1OP. The molecule has 0 spiro atoms. The van der Waals surface area contributed by atoms with Gasteiger partial charge in [-0.1, -0.05) is 67.5 Å². The molecule has 2 atom stereocenters. The smallest absolute Gasteiger partial charge is 0.134 e. The lowest BCUT2D eigenvalue weighted by Crippen LogP contribution is -2.07. The van der Waals surface area contributed by atoms with Crippen molar-refractivity contribution in [2.75, 3.05) is 0 Å². The molecule has 0 amide bonds. The zero-order valence-corrected chi connectivity index (χ0v) is 22.7. The lowest BCUT2D eigenvalue weighted by molar-refractivity contribution is 0.613. The second-order valence-corrected chi connectivity index (χ2v) is 10.1. The van der Waals surface area contributed by atoms with Crippen LogP contribution in [0.15, 0.2) is 12.1 Å². The summed E-state index contributed by atoms with van der Waals surface area (Å²) in [4.78, 5) is 0. The van der Waals surface area contributed by atoms with E-state index in [9.17, 15) is 0 Å². The summed E-state index contributed by atoms with van der Waals surface area (Å²) in [6.07, 6.45) is 0. The van der Waals surface area contributed by atoms with Gasteiger partial charge in [0, 0.05) is 11.1 Å². The Morgan fingerprint density at radius 2 is 0.800 bits per heavy atom. The van der Waals surface area contributed by atoms with Gasteiger partial charge in [0.1, 0.15) is 11.5 Å². The molecule has 0 N–H and O–H groups in total. The van der Waals surface area contributed by atoms with Crippen LogP contribution in [0.1, 0.15) is 112 Å². The molecule has 0 aliphatic carbocycles. The van der Waals surface area contributed by atoms with E-state index in [1.807, 2.05) is 0 Å². The van der Waals surface area contributed by atoms with Crippen LogP contribution in [0.4, 0.5) is 0 Å². The second kappa shape index (κ2) is 10.0. The topological polar surface area (TPSA) is 18.5 Å². The van der Waals surface area contributed by atoms with Crippen LogP contribution in [0, 0.1) is 13.8 Å². The van der Waals surface area contributed by atoms with E-state index in [-0.39, 0.29) is 0 Å². The highest BCUT2D eigenvalue weighted by atomic mass is 31.0. The largest absolute Gasteiger partial charge is 0.479 e.